The smallest absolute Gasteiger partial charge is 0.238 e. The SMILES string of the molecule is [C-]#[N+]c1ccc(C(C)c2ccc(S(=O)(=O)N(C)C)cc2)cc1. The third-order valence-electron chi connectivity index (χ3n) is 3.68. The molecule has 22 heavy (non-hydrogen) atoms. The summed E-state index contributed by atoms with van der Waals surface area (Å²) in [6.45, 7) is 9.02. The Morgan fingerprint density at radius 2 is 1.41 bits per heavy atom. The van der Waals surface area contributed by atoms with Crippen LogP contribution in [-0.4, -0.2) is 26.8 Å². The van der Waals surface area contributed by atoms with Crippen LogP contribution >= 0.6 is 0 Å². The van der Waals surface area contributed by atoms with E-state index in [4.69, 9.17) is 6.57 Å². The minimum Gasteiger partial charge on any atom is -0.238 e. The molecule has 0 aromatic heterocycles. The summed E-state index contributed by atoms with van der Waals surface area (Å²) in [5.41, 5.74) is 2.74. The van der Waals surface area contributed by atoms with Crippen molar-refractivity contribution in [2.75, 3.05) is 14.1 Å². The van der Waals surface area contributed by atoms with Gasteiger partial charge in [-0.2, -0.15) is 0 Å². The maximum Gasteiger partial charge on any atom is 0.242 e. The van der Waals surface area contributed by atoms with E-state index in [2.05, 4.69) is 11.8 Å². The molecule has 5 heteroatoms. The topological polar surface area (TPSA) is 41.7 Å². The van der Waals surface area contributed by atoms with Crippen molar-refractivity contribution in [1.29, 1.82) is 0 Å². The quantitative estimate of drug-likeness (QED) is 0.809. The van der Waals surface area contributed by atoms with Crippen molar-refractivity contribution in [3.63, 3.8) is 0 Å². The van der Waals surface area contributed by atoms with Crippen LogP contribution in [0.25, 0.3) is 4.85 Å². The van der Waals surface area contributed by atoms with Gasteiger partial charge >= 0.3 is 0 Å². The minimum atomic E-state index is -3.39. The van der Waals surface area contributed by atoms with Crippen molar-refractivity contribution >= 4 is 15.7 Å². The van der Waals surface area contributed by atoms with Crippen molar-refractivity contribution in [2.45, 2.75) is 17.7 Å². The van der Waals surface area contributed by atoms with Crippen LogP contribution in [0.4, 0.5) is 5.69 Å². The van der Waals surface area contributed by atoms with Gasteiger partial charge in [0.25, 0.3) is 0 Å². The molecule has 0 bridgehead atoms. The Morgan fingerprint density at radius 3 is 1.82 bits per heavy atom. The molecule has 0 N–H and O–H groups in total. The zero-order chi connectivity index (χ0) is 16.3. The maximum absolute atomic E-state index is 12.1. The van der Waals surface area contributed by atoms with E-state index in [1.807, 2.05) is 24.3 Å². The van der Waals surface area contributed by atoms with Crippen molar-refractivity contribution in [1.82, 2.24) is 4.31 Å². The fraction of sp³-hybridized carbons (Fsp3) is 0.235. The molecule has 2 aromatic rings. The molecule has 0 saturated heterocycles. The van der Waals surface area contributed by atoms with E-state index in [1.54, 1.807) is 24.3 Å². The number of hydrogen-bond donors (Lipinski definition) is 0. The summed E-state index contributed by atoms with van der Waals surface area (Å²) in [6, 6.07) is 14.4. The fourth-order valence-corrected chi connectivity index (χ4v) is 3.07. The van der Waals surface area contributed by atoms with Gasteiger partial charge in [-0.15, -0.1) is 0 Å². The molecule has 0 aliphatic rings. The first-order chi connectivity index (χ1) is 10.4. The van der Waals surface area contributed by atoms with E-state index >= 15 is 0 Å². The second-order valence-corrected chi connectivity index (χ2v) is 7.43. The van der Waals surface area contributed by atoms with Gasteiger partial charge < -0.3 is 0 Å². The Bertz CT molecular complexity index is 786. The lowest BCUT2D eigenvalue weighted by molar-refractivity contribution is 0.520. The third-order valence-corrected chi connectivity index (χ3v) is 5.51. The summed E-state index contributed by atoms with van der Waals surface area (Å²) in [4.78, 5) is 3.67. The summed E-state index contributed by atoms with van der Waals surface area (Å²) < 4.78 is 25.3. The minimum absolute atomic E-state index is 0.135. The highest BCUT2D eigenvalue weighted by Gasteiger charge is 2.17. The summed E-state index contributed by atoms with van der Waals surface area (Å²) in [5, 5.41) is 0. The van der Waals surface area contributed by atoms with Crippen molar-refractivity contribution in [2.24, 2.45) is 0 Å². The van der Waals surface area contributed by atoms with Gasteiger partial charge in [0, 0.05) is 20.0 Å². The van der Waals surface area contributed by atoms with Crippen LogP contribution in [-0.2, 0) is 10.0 Å². The Labute approximate surface area is 131 Å². The van der Waals surface area contributed by atoms with Gasteiger partial charge in [0.1, 0.15) is 0 Å². The zero-order valence-corrected chi connectivity index (χ0v) is 13.6. The predicted octanol–water partition coefficient (Wildman–Crippen LogP) is 3.64. The molecule has 0 aliphatic carbocycles. The summed E-state index contributed by atoms with van der Waals surface area (Å²) >= 11 is 0. The summed E-state index contributed by atoms with van der Waals surface area (Å²) in [5.74, 6) is 0.135. The molecule has 0 aliphatic heterocycles. The molecule has 4 nitrogen and oxygen atoms in total. The largest absolute Gasteiger partial charge is 0.242 e. The Balaban J connectivity index is 2.28. The predicted molar refractivity (Wildman–Crippen MR) is 87.5 cm³/mol. The van der Waals surface area contributed by atoms with Gasteiger partial charge in [0.15, 0.2) is 5.69 Å². The number of benzene rings is 2. The lowest BCUT2D eigenvalue weighted by Crippen LogP contribution is -2.22. The van der Waals surface area contributed by atoms with Crippen molar-refractivity contribution < 1.29 is 8.42 Å². The van der Waals surface area contributed by atoms with Crippen LogP contribution in [0.5, 0.6) is 0 Å². The number of nitrogens with zero attached hydrogens (tertiary/aromatic N) is 2. The van der Waals surface area contributed by atoms with Crippen LogP contribution in [0, 0.1) is 6.57 Å². The maximum atomic E-state index is 12.1. The average Bonchev–Trinajstić information content (AvgIpc) is 2.54. The summed E-state index contributed by atoms with van der Waals surface area (Å²) in [7, 11) is -0.356. The van der Waals surface area contributed by atoms with Gasteiger partial charge in [-0.3, -0.25) is 0 Å². The van der Waals surface area contributed by atoms with Crippen LogP contribution in [0.1, 0.15) is 24.0 Å². The molecule has 0 spiro atoms. The highest BCUT2D eigenvalue weighted by molar-refractivity contribution is 7.89. The highest BCUT2D eigenvalue weighted by atomic mass is 32.2. The molecular formula is C17H18N2O2S. The Hall–Kier alpha value is -2.16. The number of rotatable bonds is 4. The van der Waals surface area contributed by atoms with Gasteiger partial charge in [-0.1, -0.05) is 43.3 Å². The molecule has 0 heterocycles. The molecule has 114 valence electrons. The first kappa shape index (κ1) is 16.2. The van der Waals surface area contributed by atoms with Crippen LogP contribution < -0.4 is 0 Å². The number of hydrogen-bond acceptors (Lipinski definition) is 2. The zero-order valence-electron chi connectivity index (χ0n) is 12.8. The van der Waals surface area contributed by atoms with E-state index in [0.29, 0.717) is 5.69 Å². The molecule has 0 amide bonds. The van der Waals surface area contributed by atoms with E-state index < -0.39 is 10.0 Å². The monoisotopic (exact) mass is 314 g/mol. The normalized spacial score (nSPS) is 12.9. The molecule has 0 radical (unpaired) electrons. The van der Waals surface area contributed by atoms with E-state index in [1.165, 1.54) is 18.4 Å². The van der Waals surface area contributed by atoms with E-state index in [0.717, 1.165) is 11.1 Å². The molecule has 0 saturated carbocycles. The van der Waals surface area contributed by atoms with E-state index in [-0.39, 0.29) is 10.8 Å². The first-order valence-electron chi connectivity index (χ1n) is 6.86. The Kier molecular flexibility index (Phi) is 4.65. The van der Waals surface area contributed by atoms with Crippen LogP contribution in [0.3, 0.4) is 0 Å². The van der Waals surface area contributed by atoms with Crippen molar-refractivity contribution in [3.8, 4) is 0 Å². The summed E-state index contributed by atoms with van der Waals surface area (Å²) in [6.07, 6.45) is 0. The lowest BCUT2D eigenvalue weighted by Gasteiger charge is -2.15. The lowest BCUT2D eigenvalue weighted by atomic mass is 9.93. The number of sulfonamides is 1. The van der Waals surface area contributed by atoms with Gasteiger partial charge in [-0.25, -0.2) is 17.6 Å². The standard InChI is InChI=1S/C17H18N2O2S/c1-13(14-5-9-16(18-2)10-6-14)15-7-11-17(12-8-15)22(20,21)19(3)4/h5-13H,1,3-4H3. The third kappa shape index (κ3) is 3.19. The first-order valence-corrected chi connectivity index (χ1v) is 8.30. The van der Waals surface area contributed by atoms with Crippen molar-refractivity contribution in [3.05, 3.63) is 71.1 Å². The molecule has 2 aromatic carbocycles. The van der Waals surface area contributed by atoms with E-state index in [9.17, 15) is 8.42 Å². The Morgan fingerprint density at radius 1 is 0.955 bits per heavy atom. The van der Waals surface area contributed by atoms with Gasteiger partial charge in [0.05, 0.1) is 11.5 Å². The van der Waals surface area contributed by atoms with Crippen LogP contribution in [0.2, 0.25) is 0 Å². The van der Waals surface area contributed by atoms with Gasteiger partial charge in [-0.05, 0) is 23.3 Å². The molecule has 2 rings (SSSR count). The van der Waals surface area contributed by atoms with Gasteiger partial charge in [0.2, 0.25) is 10.0 Å². The second-order valence-electron chi connectivity index (χ2n) is 5.28. The second kappa shape index (κ2) is 6.30. The highest BCUT2D eigenvalue weighted by Crippen LogP contribution is 2.27. The average molecular weight is 314 g/mol. The molecule has 1 atom stereocenters. The van der Waals surface area contributed by atoms with Crippen LogP contribution in [0.15, 0.2) is 53.4 Å². The molecule has 1 unspecified atom stereocenters. The molecular weight excluding hydrogens is 296 g/mol. The fourth-order valence-electron chi connectivity index (χ4n) is 2.17. The molecule has 0 fully saturated rings.